The number of benzene rings is 1. The molecule has 1 atom stereocenters. The molecule has 0 radical (unpaired) electrons. The quantitative estimate of drug-likeness (QED) is 0.800. The Labute approximate surface area is 101 Å². The van der Waals surface area contributed by atoms with Gasteiger partial charge >= 0.3 is 6.16 Å². The van der Waals surface area contributed by atoms with Gasteiger partial charge in [0.05, 0.1) is 13.2 Å². The fourth-order valence-corrected chi connectivity index (χ4v) is 1.49. The molecule has 1 rings (SSSR count). The van der Waals surface area contributed by atoms with E-state index in [4.69, 9.17) is 4.74 Å². The number of aliphatic hydroxyl groups is 1. The number of carbonyl (C=O) groups is 1. The highest BCUT2D eigenvalue weighted by atomic mass is 16.7. The van der Waals surface area contributed by atoms with Gasteiger partial charge in [0.15, 0.2) is 6.10 Å². The fraction of sp³-hybridized carbons (Fsp3) is 0.462. The van der Waals surface area contributed by atoms with Crippen molar-refractivity contribution in [1.29, 1.82) is 0 Å². The molecule has 0 saturated heterocycles. The van der Waals surface area contributed by atoms with Gasteiger partial charge in [-0.25, -0.2) is 4.79 Å². The molecule has 1 unspecified atom stereocenters. The third-order valence-corrected chi connectivity index (χ3v) is 2.40. The molecule has 0 aliphatic carbocycles. The number of hydrogen-bond acceptors (Lipinski definition) is 4. The second kappa shape index (κ2) is 6.91. The second-order valence-corrected chi connectivity index (χ2v) is 3.57. The first-order valence-electron chi connectivity index (χ1n) is 5.74. The van der Waals surface area contributed by atoms with Crippen LogP contribution in [0, 0.1) is 0 Å². The largest absolute Gasteiger partial charge is 0.508 e. The lowest BCUT2D eigenvalue weighted by molar-refractivity contribution is 0.00403. The molecule has 4 nitrogen and oxygen atoms in total. The van der Waals surface area contributed by atoms with Crippen molar-refractivity contribution in [3.63, 3.8) is 0 Å². The highest BCUT2D eigenvalue weighted by Gasteiger charge is 2.16. The van der Waals surface area contributed by atoms with Crippen LogP contribution in [0.15, 0.2) is 24.3 Å². The molecule has 0 heterocycles. The van der Waals surface area contributed by atoms with Crippen molar-refractivity contribution in [2.45, 2.75) is 26.4 Å². The van der Waals surface area contributed by atoms with Gasteiger partial charge in [0.1, 0.15) is 0 Å². The van der Waals surface area contributed by atoms with E-state index in [-0.39, 0.29) is 13.2 Å². The highest BCUT2D eigenvalue weighted by Crippen LogP contribution is 2.19. The van der Waals surface area contributed by atoms with Crippen molar-refractivity contribution in [3.8, 4) is 0 Å². The lowest BCUT2D eigenvalue weighted by Crippen LogP contribution is -2.15. The molecule has 0 saturated carbocycles. The molecule has 1 aromatic carbocycles. The summed E-state index contributed by atoms with van der Waals surface area (Å²) in [6, 6.07) is 7.60. The average molecular weight is 238 g/mol. The van der Waals surface area contributed by atoms with Crippen LogP contribution in [0.25, 0.3) is 0 Å². The van der Waals surface area contributed by atoms with Crippen LogP contribution in [-0.2, 0) is 15.9 Å². The minimum atomic E-state index is -0.756. The molecule has 4 heteroatoms. The van der Waals surface area contributed by atoms with Crippen LogP contribution in [0.3, 0.4) is 0 Å². The van der Waals surface area contributed by atoms with Crippen LogP contribution in [0.4, 0.5) is 4.79 Å². The van der Waals surface area contributed by atoms with Crippen LogP contribution < -0.4 is 0 Å². The summed E-state index contributed by atoms with van der Waals surface area (Å²) in [6.45, 7) is 3.74. The van der Waals surface area contributed by atoms with E-state index in [1.165, 1.54) is 0 Å². The van der Waals surface area contributed by atoms with E-state index in [9.17, 15) is 9.90 Å². The molecule has 0 fully saturated rings. The van der Waals surface area contributed by atoms with Gasteiger partial charge in [-0.2, -0.15) is 0 Å². The Morgan fingerprint density at radius 1 is 1.41 bits per heavy atom. The fourth-order valence-electron chi connectivity index (χ4n) is 1.49. The Bertz CT molecular complexity index is 362. The molecule has 1 aromatic rings. The van der Waals surface area contributed by atoms with E-state index in [1.807, 2.05) is 31.2 Å². The number of aryl methyl sites for hydroxylation is 1. The summed E-state index contributed by atoms with van der Waals surface area (Å²) in [6.07, 6.45) is -0.528. The summed E-state index contributed by atoms with van der Waals surface area (Å²) in [5, 5.41) is 9.23. The number of carbonyl (C=O) groups excluding carboxylic acids is 1. The Kier molecular flexibility index (Phi) is 5.49. The zero-order valence-corrected chi connectivity index (χ0v) is 10.2. The molecule has 0 aliphatic rings. The van der Waals surface area contributed by atoms with Crippen molar-refractivity contribution < 1.29 is 19.4 Å². The van der Waals surface area contributed by atoms with E-state index in [2.05, 4.69) is 4.74 Å². The van der Waals surface area contributed by atoms with Crippen LogP contribution >= 0.6 is 0 Å². The first kappa shape index (κ1) is 13.5. The van der Waals surface area contributed by atoms with E-state index >= 15 is 0 Å². The summed E-state index contributed by atoms with van der Waals surface area (Å²) < 4.78 is 9.69. The van der Waals surface area contributed by atoms with Gasteiger partial charge < -0.3 is 14.6 Å². The SMILES string of the molecule is CCOC(=O)OC(CO)c1cccc(CC)c1. The number of rotatable bonds is 5. The first-order valence-corrected chi connectivity index (χ1v) is 5.74. The number of aliphatic hydroxyl groups excluding tert-OH is 1. The molecule has 0 bridgehead atoms. The van der Waals surface area contributed by atoms with Gasteiger partial charge in [0, 0.05) is 0 Å². The van der Waals surface area contributed by atoms with Gasteiger partial charge in [-0.3, -0.25) is 0 Å². The topological polar surface area (TPSA) is 55.8 Å². The second-order valence-electron chi connectivity index (χ2n) is 3.57. The van der Waals surface area contributed by atoms with Gasteiger partial charge in [0.25, 0.3) is 0 Å². The molecular formula is C13H18O4. The molecule has 0 amide bonds. The zero-order valence-electron chi connectivity index (χ0n) is 10.2. The van der Waals surface area contributed by atoms with Gasteiger partial charge in [-0.1, -0.05) is 31.2 Å². The van der Waals surface area contributed by atoms with Gasteiger partial charge in [-0.15, -0.1) is 0 Å². The molecule has 94 valence electrons. The summed E-state index contributed by atoms with van der Waals surface area (Å²) in [7, 11) is 0. The van der Waals surface area contributed by atoms with Crippen molar-refractivity contribution in [2.24, 2.45) is 0 Å². The van der Waals surface area contributed by atoms with E-state index < -0.39 is 12.3 Å². The Morgan fingerprint density at radius 2 is 2.18 bits per heavy atom. The standard InChI is InChI=1S/C13H18O4/c1-3-10-6-5-7-11(8-10)12(9-14)17-13(15)16-4-2/h5-8,12,14H,3-4,9H2,1-2H3. The maximum Gasteiger partial charge on any atom is 0.508 e. The van der Waals surface area contributed by atoms with Crippen molar-refractivity contribution in [3.05, 3.63) is 35.4 Å². The lowest BCUT2D eigenvalue weighted by atomic mass is 10.1. The van der Waals surface area contributed by atoms with Crippen LogP contribution in [0.2, 0.25) is 0 Å². The van der Waals surface area contributed by atoms with Crippen molar-refractivity contribution in [2.75, 3.05) is 13.2 Å². The number of hydrogen-bond donors (Lipinski definition) is 1. The maximum absolute atomic E-state index is 11.2. The summed E-state index contributed by atoms with van der Waals surface area (Å²) in [5.41, 5.74) is 1.91. The normalized spacial score (nSPS) is 11.9. The predicted molar refractivity (Wildman–Crippen MR) is 63.8 cm³/mol. The number of ether oxygens (including phenoxy) is 2. The van der Waals surface area contributed by atoms with Crippen molar-refractivity contribution >= 4 is 6.16 Å². The Hall–Kier alpha value is -1.55. The summed E-state index contributed by atoms with van der Waals surface area (Å²) in [5.74, 6) is 0. The molecule has 1 N–H and O–H groups in total. The minimum absolute atomic E-state index is 0.256. The van der Waals surface area contributed by atoms with E-state index in [1.54, 1.807) is 6.92 Å². The average Bonchev–Trinajstić information content (AvgIpc) is 2.36. The minimum Gasteiger partial charge on any atom is -0.435 e. The third kappa shape index (κ3) is 4.07. The molecular weight excluding hydrogens is 220 g/mol. The van der Waals surface area contributed by atoms with E-state index in [0.717, 1.165) is 17.5 Å². The van der Waals surface area contributed by atoms with Crippen molar-refractivity contribution in [1.82, 2.24) is 0 Å². The summed E-state index contributed by atoms with van der Waals surface area (Å²) in [4.78, 5) is 11.2. The Balaban J connectivity index is 2.74. The Morgan fingerprint density at radius 3 is 2.76 bits per heavy atom. The van der Waals surface area contributed by atoms with Crippen LogP contribution in [0.5, 0.6) is 0 Å². The van der Waals surface area contributed by atoms with Crippen LogP contribution in [-0.4, -0.2) is 24.5 Å². The molecule has 17 heavy (non-hydrogen) atoms. The molecule has 0 aromatic heterocycles. The van der Waals surface area contributed by atoms with Crippen LogP contribution in [0.1, 0.15) is 31.1 Å². The molecule has 0 spiro atoms. The monoisotopic (exact) mass is 238 g/mol. The van der Waals surface area contributed by atoms with Gasteiger partial charge in [-0.05, 0) is 24.5 Å². The smallest absolute Gasteiger partial charge is 0.435 e. The lowest BCUT2D eigenvalue weighted by Gasteiger charge is -2.16. The van der Waals surface area contributed by atoms with Gasteiger partial charge in [0.2, 0.25) is 0 Å². The zero-order chi connectivity index (χ0) is 12.7. The predicted octanol–water partition coefficient (Wildman–Crippen LogP) is 2.46. The summed E-state index contributed by atoms with van der Waals surface area (Å²) >= 11 is 0. The first-order chi connectivity index (χ1) is 8.21. The van der Waals surface area contributed by atoms with E-state index in [0.29, 0.717) is 0 Å². The third-order valence-electron chi connectivity index (χ3n) is 2.40. The highest BCUT2D eigenvalue weighted by molar-refractivity contribution is 5.60. The maximum atomic E-state index is 11.2. The molecule has 0 aliphatic heterocycles.